The first-order valence-corrected chi connectivity index (χ1v) is 4.68. The Kier molecular flexibility index (Phi) is 3.78. The zero-order chi connectivity index (χ0) is 10.6. The molecule has 0 spiro atoms. The second kappa shape index (κ2) is 4.87. The number of nitrogens with two attached hydrogens (primary N) is 1. The van der Waals surface area contributed by atoms with E-state index in [1.165, 1.54) is 12.3 Å². The van der Waals surface area contributed by atoms with Gasteiger partial charge in [0.15, 0.2) is 0 Å². The van der Waals surface area contributed by atoms with Gasteiger partial charge in [0.05, 0.1) is 9.40 Å². The fourth-order valence-corrected chi connectivity index (χ4v) is 1.33. The summed E-state index contributed by atoms with van der Waals surface area (Å²) in [5, 5.41) is 13.3. The third kappa shape index (κ3) is 2.64. The normalized spacial score (nSPS) is 9.86. The molecule has 0 bridgehead atoms. The maximum absolute atomic E-state index is 10.4. The van der Waals surface area contributed by atoms with Gasteiger partial charge in [-0.1, -0.05) is 0 Å². The summed E-state index contributed by atoms with van der Waals surface area (Å²) in [5.74, 6) is 0.557. The highest BCUT2D eigenvalue weighted by molar-refractivity contribution is 9.10. The molecule has 0 aliphatic heterocycles. The summed E-state index contributed by atoms with van der Waals surface area (Å²) >= 11 is 3.18. The van der Waals surface area contributed by atoms with Crippen LogP contribution in [0, 0.1) is 10.1 Å². The van der Waals surface area contributed by atoms with Crippen molar-refractivity contribution in [3.05, 3.63) is 26.9 Å². The van der Waals surface area contributed by atoms with E-state index in [-0.39, 0.29) is 5.69 Å². The highest BCUT2D eigenvalue weighted by Crippen LogP contribution is 2.23. The summed E-state index contributed by atoms with van der Waals surface area (Å²) in [7, 11) is 0. The summed E-state index contributed by atoms with van der Waals surface area (Å²) in [5.41, 5.74) is 5.24. The number of hydrogen-bond donors (Lipinski definition) is 2. The molecule has 3 N–H and O–H groups in total. The van der Waals surface area contributed by atoms with Crippen LogP contribution in [0.25, 0.3) is 0 Å². The van der Waals surface area contributed by atoms with Crippen LogP contribution in [-0.2, 0) is 0 Å². The molecule has 6 nitrogen and oxygen atoms in total. The maximum Gasteiger partial charge on any atom is 0.288 e. The Hall–Kier alpha value is -1.21. The Balaban J connectivity index is 2.84. The van der Waals surface area contributed by atoms with Gasteiger partial charge in [-0.15, -0.1) is 0 Å². The van der Waals surface area contributed by atoms with Crippen molar-refractivity contribution in [2.24, 2.45) is 5.73 Å². The van der Waals surface area contributed by atoms with Gasteiger partial charge in [-0.3, -0.25) is 10.1 Å². The SMILES string of the molecule is NCCNc1ncc([N+](=O)[O-])cc1Br. The van der Waals surface area contributed by atoms with Crippen molar-refractivity contribution in [3.8, 4) is 0 Å². The van der Waals surface area contributed by atoms with Gasteiger partial charge in [0.2, 0.25) is 0 Å². The summed E-state index contributed by atoms with van der Waals surface area (Å²) in [6, 6.07) is 1.39. The number of hydrogen-bond acceptors (Lipinski definition) is 5. The number of aromatic nitrogens is 1. The molecular weight excluding hydrogens is 252 g/mol. The van der Waals surface area contributed by atoms with E-state index in [0.717, 1.165) is 0 Å². The van der Waals surface area contributed by atoms with Crippen LogP contribution in [0.15, 0.2) is 16.7 Å². The first kappa shape index (κ1) is 10.9. The zero-order valence-electron chi connectivity index (χ0n) is 7.24. The Bertz CT molecular complexity index is 344. The fourth-order valence-electron chi connectivity index (χ4n) is 0.848. The number of rotatable bonds is 4. The van der Waals surface area contributed by atoms with Crippen LogP contribution >= 0.6 is 15.9 Å². The smallest absolute Gasteiger partial charge is 0.288 e. The number of nitrogens with one attached hydrogen (secondary N) is 1. The number of pyridine rings is 1. The number of nitro groups is 1. The highest BCUT2D eigenvalue weighted by Gasteiger charge is 2.09. The van der Waals surface area contributed by atoms with Crippen LogP contribution in [0.4, 0.5) is 11.5 Å². The van der Waals surface area contributed by atoms with Gasteiger partial charge in [0.25, 0.3) is 5.69 Å². The number of anilines is 1. The molecule has 7 heteroatoms. The molecule has 0 saturated carbocycles. The van der Waals surface area contributed by atoms with E-state index in [4.69, 9.17) is 5.73 Å². The summed E-state index contributed by atoms with van der Waals surface area (Å²) < 4.78 is 0.556. The average molecular weight is 261 g/mol. The van der Waals surface area contributed by atoms with E-state index in [1.54, 1.807) is 0 Å². The molecule has 1 heterocycles. The Morgan fingerprint density at radius 3 is 2.93 bits per heavy atom. The molecule has 14 heavy (non-hydrogen) atoms. The van der Waals surface area contributed by atoms with Crippen LogP contribution in [-0.4, -0.2) is 23.0 Å². The molecule has 0 radical (unpaired) electrons. The van der Waals surface area contributed by atoms with E-state index in [2.05, 4.69) is 26.2 Å². The largest absolute Gasteiger partial charge is 0.368 e. The molecule has 0 aliphatic carbocycles. The Morgan fingerprint density at radius 1 is 1.71 bits per heavy atom. The molecular formula is C7H9BrN4O2. The van der Waals surface area contributed by atoms with Crippen LogP contribution in [0.2, 0.25) is 0 Å². The van der Waals surface area contributed by atoms with Gasteiger partial charge in [-0.2, -0.15) is 0 Å². The molecule has 1 aromatic heterocycles. The third-order valence-corrected chi connectivity index (χ3v) is 2.08. The third-order valence-electron chi connectivity index (χ3n) is 1.47. The van der Waals surface area contributed by atoms with Crippen LogP contribution in [0.1, 0.15) is 0 Å². The highest BCUT2D eigenvalue weighted by atomic mass is 79.9. The molecule has 0 unspecified atom stereocenters. The van der Waals surface area contributed by atoms with Gasteiger partial charge in [0, 0.05) is 19.2 Å². The molecule has 0 aliphatic rings. The summed E-state index contributed by atoms with van der Waals surface area (Å²) in [4.78, 5) is 13.8. The molecule has 0 saturated heterocycles. The Labute approximate surface area is 88.8 Å². The van der Waals surface area contributed by atoms with Crippen molar-refractivity contribution in [1.82, 2.24) is 4.98 Å². The minimum absolute atomic E-state index is 0.0461. The second-order valence-corrected chi connectivity index (χ2v) is 3.35. The van der Waals surface area contributed by atoms with Crippen molar-refractivity contribution in [2.75, 3.05) is 18.4 Å². The van der Waals surface area contributed by atoms with E-state index < -0.39 is 4.92 Å². The van der Waals surface area contributed by atoms with Crippen molar-refractivity contribution >= 4 is 27.4 Å². The lowest BCUT2D eigenvalue weighted by Crippen LogP contribution is -2.14. The molecule has 1 rings (SSSR count). The second-order valence-electron chi connectivity index (χ2n) is 2.50. The van der Waals surface area contributed by atoms with E-state index in [9.17, 15) is 10.1 Å². The number of halogens is 1. The van der Waals surface area contributed by atoms with E-state index >= 15 is 0 Å². The lowest BCUT2D eigenvalue weighted by molar-refractivity contribution is -0.385. The van der Waals surface area contributed by atoms with Crippen LogP contribution in [0.3, 0.4) is 0 Å². The number of nitrogens with zero attached hydrogens (tertiary/aromatic N) is 2. The maximum atomic E-state index is 10.4. The first-order chi connectivity index (χ1) is 6.65. The van der Waals surface area contributed by atoms with Gasteiger partial charge >= 0.3 is 0 Å². The summed E-state index contributed by atoms with van der Waals surface area (Å²) in [6.07, 6.45) is 1.20. The standard InChI is InChI=1S/C7H9BrN4O2/c8-6-3-5(12(13)14)4-11-7(6)10-2-1-9/h3-4H,1-2,9H2,(H,10,11). The molecule has 76 valence electrons. The van der Waals surface area contributed by atoms with Crippen molar-refractivity contribution in [1.29, 1.82) is 0 Å². The lowest BCUT2D eigenvalue weighted by atomic mass is 10.4. The van der Waals surface area contributed by atoms with Crippen molar-refractivity contribution in [2.45, 2.75) is 0 Å². The zero-order valence-corrected chi connectivity index (χ0v) is 8.82. The van der Waals surface area contributed by atoms with E-state index in [1.807, 2.05) is 0 Å². The minimum Gasteiger partial charge on any atom is -0.368 e. The van der Waals surface area contributed by atoms with Crippen molar-refractivity contribution in [3.63, 3.8) is 0 Å². The molecule has 0 amide bonds. The topological polar surface area (TPSA) is 94.1 Å². The fraction of sp³-hybridized carbons (Fsp3) is 0.286. The van der Waals surface area contributed by atoms with Crippen LogP contribution < -0.4 is 11.1 Å². The predicted molar refractivity (Wildman–Crippen MR) is 56.1 cm³/mol. The molecule has 0 fully saturated rings. The molecule has 1 aromatic rings. The van der Waals surface area contributed by atoms with Crippen molar-refractivity contribution < 1.29 is 4.92 Å². The average Bonchev–Trinajstić information content (AvgIpc) is 2.15. The molecule has 0 atom stereocenters. The summed E-state index contributed by atoms with van der Waals surface area (Å²) in [6.45, 7) is 1.05. The monoisotopic (exact) mass is 260 g/mol. The first-order valence-electron chi connectivity index (χ1n) is 3.89. The predicted octanol–water partition coefficient (Wildman–Crippen LogP) is 1.12. The minimum atomic E-state index is -0.496. The van der Waals surface area contributed by atoms with Gasteiger partial charge in [-0.05, 0) is 15.9 Å². The molecule has 0 aromatic carbocycles. The van der Waals surface area contributed by atoms with Gasteiger partial charge in [-0.25, -0.2) is 4.98 Å². The van der Waals surface area contributed by atoms with Crippen LogP contribution in [0.5, 0.6) is 0 Å². The lowest BCUT2D eigenvalue weighted by Gasteiger charge is -2.04. The quantitative estimate of drug-likeness (QED) is 0.625. The van der Waals surface area contributed by atoms with E-state index in [0.29, 0.717) is 23.4 Å². The van der Waals surface area contributed by atoms with Gasteiger partial charge < -0.3 is 11.1 Å². The van der Waals surface area contributed by atoms with Gasteiger partial charge in [0.1, 0.15) is 12.0 Å². The Morgan fingerprint density at radius 2 is 2.43 bits per heavy atom.